The number of furan rings is 1. The van der Waals surface area contributed by atoms with Crippen LogP contribution in [-0.4, -0.2) is 41.8 Å². The molecule has 0 saturated carbocycles. The minimum Gasteiger partial charge on any atom is -0.467 e. The number of halogens is 2. The maximum Gasteiger partial charge on any atom is 0.257 e. The third-order valence-electron chi connectivity index (χ3n) is 5.60. The van der Waals surface area contributed by atoms with Crippen LogP contribution in [0, 0.1) is 23.5 Å². The van der Waals surface area contributed by atoms with Crippen LogP contribution in [0.1, 0.15) is 42.8 Å². The molecule has 172 valence electrons. The highest BCUT2D eigenvalue weighted by atomic mass is 19.1. The average Bonchev–Trinajstić information content (AvgIpc) is 3.29. The van der Waals surface area contributed by atoms with Crippen molar-refractivity contribution in [1.29, 1.82) is 0 Å². The van der Waals surface area contributed by atoms with Crippen LogP contribution in [0.4, 0.5) is 8.78 Å². The van der Waals surface area contributed by atoms with E-state index in [0.717, 1.165) is 12.1 Å². The molecule has 9 heteroatoms. The smallest absolute Gasteiger partial charge is 0.257 e. The molecule has 1 aliphatic heterocycles. The maximum absolute atomic E-state index is 13.9. The van der Waals surface area contributed by atoms with Gasteiger partial charge in [-0.05, 0) is 43.0 Å². The van der Waals surface area contributed by atoms with Crippen molar-refractivity contribution in [3.63, 3.8) is 0 Å². The zero-order valence-corrected chi connectivity index (χ0v) is 18.1. The van der Waals surface area contributed by atoms with Crippen LogP contribution < -0.4 is 10.6 Å². The van der Waals surface area contributed by atoms with Crippen molar-refractivity contribution in [2.75, 3.05) is 13.1 Å². The second-order valence-electron chi connectivity index (χ2n) is 8.19. The number of carbonyl (C=O) groups excluding carboxylic acids is 3. The molecule has 7 nitrogen and oxygen atoms in total. The summed E-state index contributed by atoms with van der Waals surface area (Å²) in [6, 6.07) is 5.73. The number of likely N-dealkylation sites (tertiary alicyclic amines) is 1. The van der Waals surface area contributed by atoms with E-state index in [9.17, 15) is 23.2 Å². The van der Waals surface area contributed by atoms with E-state index in [4.69, 9.17) is 4.42 Å². The molecular formula is C23H27F2N3O4. The van der Waals surface area contributed by atoms with Gasteiger partial charge in [0.05, 0.1) is 12.8 Å². The molecular weight excluding hydrogens is 420 g/mol. The molecule has 2 aromatic rings. The Morgan fingerprint density at radius 3 is 2.31 bits per heavy atom. The first-order chi connectivity index (χ1) is 15.3. The number of piperidine rings is 1. The van der Waals surface area contributed by atoms with E-state index in [1.165, 1.54) is 12.3 Å². The van der Waals surface area contributed by atoms with Crippen molar-refractivity contribution in [2.45, 2.75) is 39.3 Å². The lowest BCUT2D eigenvalue weighted by atomic mass is 9.94. The van der Waals surface area contributed by atoms with Gasteiger partial charge in [-0.25, -0.2) is 8.78 Å². The summed E-state index contributed by atoms with van der Waals surface area (Å²) in [5.41, 5.74) is -0.710. The van der Waals surface area contributed by atoms with Crippen LogP contribution in [0.15, 0.2) is 41.0 Å². The van der Waals surface area contributed by atoms with E-state index < -0.39 is 29.1 Å². The second kappa shape index (κ2) is 10.4. The monoisotopic (exact) mass is 447 g/mol. The first-order valence-electron chi connectivity index (χ1n) is 10.6. The minimum absolute atomic E-state index is 0.0998. The predicted octanol–water partition coefficient (Wildman–Crippen LogP) is 2.87. The van der Waals surface area contributed by atoms with E-state index in [2.05, 4.69) is 10.6 Å². The number of nitrogens with one attached hydrogen (secondary N) is 2. The second-order valence-corrected chi connectivity index (χ2v) is 8.19. The van der Waals surface area contributed by atoms with E-state index in [-0.39, 0.29) is 23.7 Å². The van der Waals surface area contributed by atoms with Crippen molar-refractivity contribution in [3.05, 3.63) is 59.6 Å². The number of hydrogen-bond acceptors (Lipinski definition) is 4. The van der Waals surface area contributed by atoms with Gasteiger partial charge in [-0.2, -0.15) is 0 Å². The Balaban J connectivity index is 1.56. The Morgan fingerprint density at radius 2 is 1.75 bits per heavy atom. The molecule has 1 aromatic heterocycles. The predicted molar refractivity (Wildman–Crippen MR) is 112 cm³/mol. The normalized spacial score (nSPS) is 15.5. The summed E-state index contributed by atoms with van der Waals surface area (Å²) >= 11 is 0. The Kier molecular flexibility index (Phi) is 7.61. The van der Waals surface area contributed by atoms with Gasteiger partial charge in [-0.15, -0.1) is 0 Å². The van der Waals surface area contributed by atoms with Crippen LogP contribution in [0.5, 0.6) is 0 Å². The molecule has 0 aliphatic carbocycles. The van der Waals surface area contributed by atoms with Crippen molar-refractivity contribution in [2.24, 2.45) is 11.8 Å². The van der Waals surface area contributed by atoms with Gasteiger partial charge < -0.3 is 20.0 Å². The molecule has 1 aromatic carbocycles. The molecule has 1 atom stereocenters. The number of carbonyl (C=O) groups is 3. The molecule has 0 spiro atoms. The van der Waals surface area contributed by atoms with Gasteiger partial charge in [0.25, 0.3) is 5.91 Å². The molecule has 1 fully saturated rings. The summed E-state index contributed by atoms with van der Waals surface area (Å²) in [6.07, 6.45) is 2.50. The topological polar surface area (TPSA) is 91.7 Å². The lowest BCUT2D eigenvalue weighted by Crippen LogP contribution is -2.53. The molecule has 3 rings (SSSR count). The maximum atomic E-state index is 13.9. The number of hydrogen-bond donors (Lipinski definition) is 2. The molecule has 0 unspecified atom stereocenters. The van der Waals surface area contributed by atoms with Crippen LogP contribution >= 0.6 is 0 Å². The summed E-state index contributed by atoms with van der Waals surface area (Å²) in [7, 11) is 0. The van der Waals surface area contributed by atoms with Gasteiger partial charge in [0.15, 0.2) is 0 Å². The van der Waals surface area contributed by atoms with Gasteiger partial charge in [-0.3, -0.25) is 14.4 Å². The first-order valence-corrected chi connectivity index (χ1v) is 10.6. The van der Waals surface area contributed by atoms with Gasteiger partial charge in [0.2, 0.25) is 11.8 Å². The van der Waals surface area contributed by atoms with Gasteiger partial charge in [0, 0.05) is 19.0 Å². The lowest BCUT2D eigenvalue weighted by Gasteiger charge is -2.35. The molecule has 3 amide bonds. The molecule has 2 N–H and O–H groups in total. The van der Waals surface area contributed by atoms with Gasteiger partial charge in [-0.1, -0.05) is 19.9 Å². The Hall–Kier alpha value is -3.23. The summed E-state index contributed by atoms with van der Waals surface area (Å²) < 4.78 is 33.1. The molecule has 0 radical (unpaired) electrons. The lowest BCUT2D eigenvalue weighted by molar-refractivity contribution is -0.138. The Morgan fingerprint density at radius 1 is 1.09 bits per heavy atom. The van der Waals surface area contributed by atoms with E-state index in [1.54, 1.807) is 30.9 Å². The highest BCUT2D eigenvalue weighted by Crippen LogP contribution is 2.20. The minimum atomic E-state index is -0.987. The summed E-state index contributed by atoms with van der Waals surface area (Å²) in [4.78, 5) is 39.5. The third-order valence-corrected chi connectivity index (χ3v) is 5.60. The van der Waals surface area contributed by atoms with Crippen molar-refractivity contribution >= 4 is 17.7 Å². The summed E-state index contributed by atoms with van der Waals surface area (Å²) in [6.45, 7) is 4.50. The fourth-order valence-corrected chi connectivity index (χ4v) is 3.73. The first kappa shape index (κ1) is 23.4. The average molecular weight is 447 g/mol. The Labute approximate surface area is 185 Å². The largest absolute Gasteiger partial charge is 0.467 e. The zero-order chi connectivity index (χ0) is 23.3. The highest BCUT2D eigenvalue weighted by molar-refractivity contribution is 5.98. The molecule has 1 aliphatic rings. The van der Waals surface area contributed by atoms with E-state index >= 15 is 0 Å². The fourth-order valence-electron chi connectivity index (χ4n) is 3.73. The fraction of sp³-hybridized carbons (Fsp3) is 0.435. The number of benzene rings is 1. The van der Waals surface area contributed by atoms with Crippen molar-refractivity contribution < 1.29 is 27.6 Å². The van der Waals surface area contributed by atoms with Crippen LogP contribution in [0.2, 0.25) is 0 Å². The van der Waals surface area contributed by atoms with Crippen LogP contribution in [0.3, 0.4) is 0 Å². The van der Waals surface area contributed by atoms with Crippen molar-refractivity contribution in [1.82, 2.24) is 15.5 Å². The molecule has 1 saturated heterocycles. The van der Waals surface area contributed by atoms with Gasteiger partial charge >= 0.3 is 0 Å². The number of rotatable bonds is 7. The van der Waals surface area contributed by atoms with Crippen LogP contribution in [0.25, 0.3) is 0 Å². The summed E-state index contributed by atoms with van der Waals surface area (Å²) in [5, 5.41) is 5.31. The number of amides is 3. The third kappa shape index (κ3) is 5.52. The molecule has 32 heavy (non-hydrogen) atoms. The number of nitrogens with zero attached hydrogens (tertiary/aromatic N) is 1. The zero-order valence-electron chi connectivity index (χ0n) is 18.1. The Bertz CT molecular complexity index is 934. The standard InChI is InChI=1S/C23H27F2N3O4/c1-14(2)20(27-22(30)19-17(24)6-3-7-18(19)25)23(31)28-10-8-15(9-11-28)21(29)26-13-16-5-4-12-32-16/h3-7,12,14-15,20H,8-11,13H2,1-2H3,(H,26,29)(H,27,30)/t20-/m0/s1. The van der Waals surface area contributed by atoms with E-state index in [0.29, 0.717) is 38.2 Å². The van der Waals surface area contributed by atoms with Gasteiger partial charge in [0.1, 0.15) is 29.0 Å². The molecule has 0 bridgehead atoms. The quantitative estimate of drug-likeness (QED) is 0.683. The highest BCUT2D eigenvalue weighted by Gasteiger charge is 2.34. The van der Waals surface area contributed by atoms with Crippen molar-refractivity contribution in [3.8, 4) is 0 Å². The SMILES string of the molecule is CC(C)[C@H](NC(=O)c1c(F)cccc1F)C(=O)N1CCC(C(=O)NCc2ccco2)CC1. The molecule has 2 heterocycles. The van der Waals surface area contributed by atoms with Crippen LogP contribution in [-0.2, 0) is 16.1 Å². The van der Waals surface area contributed by atoms with E-state index in [1.807, 2.05) is 0 Å². The summed E-state index contributed by atoms with van der Waals surface area (Å²) in [5.74, 6) is -3.24.